The van der Waals surface area contributed by atoms with Crippen LogP contribution in [0.4, 0.5) is 0 Å². The fourth-order valence-corrected chi connectivity index (χ4v) is 5.41. The molecule has 0 bridgehead atoms. The average Bonchev–Trinajstić information content (AvgIpc) is 2.92. The summed E-state index contributed by atoms with van der Waals surface area (Å²) in [5.41, 5.74) is 7.05. The number of ketones is 2. The fourth-order valence-electron chi connectivity index (χ4n) is 5.41. The lowest BCUT2D eigenvalue weighted by molar-refractivity contribution is -0.146. The third-order valence-electron chi connectivity index (χ3n) is 7.50. The molecule has 7 heteroatoms. The number of nitrogens with two attached hydrogens (primary N) is 1. The van der Waals surface area contributed by atoms with Crippen molar-refractivity contribution in [1.29, 1.82) is 0 Å². The third kappa shape index (κ3) is 10.7. The van der Waals surface area contributed by atoms with Crippen LogP contribution in [0, 0.1) is 11.3 Å². The Hall–Kier alpha value is -3.13. The van der Waals surface area contributed by atoms with Crippen LogP contribution in [0.1, 0.15) is 50.7 Å². The van der Waals surface area contributed by atoms with E-state index in [1.54, 1.807) is 11.0 Å². The molecule has 1 saturated heterocycles. The summed E-state index contributed by atoms with van der Waals surface area (Å²) >= 11 is 0. The van der Waals surface area contributed by atoms with E-state index in [0.717, 1.165) is 24.0 Å². The summed E-state index contributed by atoms with van der Waals surface area (Å²) in [6.07, 6.45) is 5.95. The van der Waals surface area contributed by atoms with Crippen LogP contribution in [0.25, 0.3) is 0 Å². The van der Waals surface area contributed by atoms with E-state index in [4.69, 9.17) is 10.5 Å². The first-order valence-electron chi connectivity index (χ1n) is 14.6. The van der Waals surface area contributed by atoms with Crippen molar-refractivity contribution in [3.8, 4) is 0 Å². The van der Waals surface area contributed by atoms with Crippen molar-refractivity contribution >= 4 is 17.5 Å². The molecular weight excluding hydrogens is 514 g/mol. The molecule has 2 N–H and O–H groups in total. The van der Waals surface area contributed by atoms with Gasteiger partial charge in [0.1, 0.15) is 0 Å². The summed E-state index contributed by atoms with van der Waals surface area (Å²) in [6.45, 7) is 5.51. The van der Waals surface area contributed by atoms with E-state index >= 15 is 0 Å². The standard InChI is InChI=1S/C34H47N3O4/c1-33(2,35)18-11-17-30(38)21-29(25-41-24-28-15-9-6-10-16-28)32(40)37-20-12-19-34(26-37,31(39)23-36(3)4)22-27-13-7-5-8-14-27/h5-11,13-17,29H,12,18-26,35H2,1-4H3/b17-11+/t29-,34+/m1/s1. The SMILES string of the molecule is CN(C)CC(=O)[C@]1(Cc2ccccc2)CCCN(C(=O)[C@@H](COCc2ccccc2)CC(=O)/C=C/CC(C)(C)N)C1. The predicted molar refractivity (Wildman–Crippen MR) is 163 cm³/mol. The van der Waals surface area contributed by atoms with Crippen LogP contribution in [-0.2, 0) is 32.1 Å². The molecule has 0 aliphatic carbocycles. The van der Waals surface area contributed by atoms with Crippen LogP contribution < -0.4 is 5.73 Å². The zero-order chi connectivity index (χ0) is 29.9. The topological polar surface area (TPSA) is 92.9 Å². The zero-order valence-electron chi connectivity index (χ0n) is 25.2. The second kappa shape index (κ2) is 15.2. The van der Waals surface area contributed by atoms with Crippen LogP contribution in [-0.4, -0.2) is 73.1 Å². The van der Waals surface area contributed by atoms with Gasteiger partial charge in [0.25, 0.3) is 0 Å². The molecule has 1 aliphatic rings. The first-order chi connectivity index (χ1) is 19.5. The number of rotatable bonds is 15. The lowest BCUT2D eigenvalue weighted by Gasteiger charge is -2.43. The molecular formula is C34H47N3O4. The summed E-state index contributed by atoms with van der Waals surface area (Å²) in [5.74, 6) is -0.761. The predicted octanol–water partition coefficient (Wildman–Crippen LogP) is 4.44. The van der Waals surface area contributed by atoms with Crippen molar-refractivity contribution in [2.24, 2.45) is 17.1 Å². The molecule has 1 heterocycles. The van der Waals surface area contributed by atoms with Gasteiger partial charge in [-0.05, 0) is 70.8 Å². The number of likely N-dealkylation sites (N-methyl/N-ethyl adjacent to an activating group) is 1. The van der Waals surface area contributed by atoms with Crippen molar-refractivity contribution in [3.05, 3.63) is 83.9 Å². The quantitative estimate of drug-likeness (QED) is 0.323. The molecule has 0 spiro atoms. The van der Waals surface area contributed by atoms with Gasteiger partial charge in [-0.3, -0.25) is 14.4 Å². The van der Waals surface area contributed by atoms with Gasteiger partial charge in [0, 0.05) is 25.0 Å². The average molecular weight is 562 g/mol. The highest BCUT2D eigenvalue weighted by Crippen LogP contribution is 2.36. The second-order valence-corrected chi connectivity index (χ2v) is 12.4. The monoisotopic (exact) mass is 561 g/mol. The summed E-state index contributed by atoms with van der Waals surface area (Å²) < 4.78 is 5.98. The second-order valence-electron chi connectivity index (χ2n) is 12.4. The van der Waals surface area contributed by atoms with Crippen LogP contribution in [0.5, 0.6) is 0 Å². The van der Waals surface area contributed by atoms with Crippen molar-refractivity contribution in [1.82, 2.24) is 9.80 Å². The zero-order valence-corrected chi connectivity index (χ0v) is 25.2. The Morgan fingerprint density at radius 3 is 2.29 bits per heavy atom. The fraction of sp³-hybridized carbons (Fsp3) is 0.500. The number of carbonyl (C=O) groups is 3. The number of nitrogens with zero attached hydrogens (tertiary/aromatic N) is 2. The minimum atomic E-state index is -0.675. The maximum atomic E-state index is 14.0. The summed E-state index contributed by atoms with van der Waals surface area (Å²) in [7, 11) is 3.79. The lowest BCUT2D eigenvalue weighted by atomic mass is 9.71. The lowest BCUT2D eigenvalue weighted by Crippen LogP contribution is -2.54. The number of Topliss-reactive ketones (excluding diaryl/α,β-unsaturated/α-hetero) is 1. The summed E-state index contributed by atoms with van der Waals surface area (Å²) in [5, 5.41) is 0. The molecule has 2 aromatic rings. The molecule has 0 saturated carbocycles. The molecule has 2 aromatic carbocycles. The van der Waals surface area contributed by atoms with Crippen LogP contribution >= 0.6 is 0 Å². The van der Waals surface area contributed by atoms with Crippen LogP contribution in [0.15, 0.2) is 72.8 Å². The number of amides is 1. The molecule has 7 nitrogen and oxygen atoms in total. The highest BCUT2D eigenvalue weighted by atomic mass is 16.5. The van der Waals surface area contributed by atoms with Crippen molar-refractivity contribution in [2.75, 3.05) is 40.3 Å². The van der Waals surface area contributed by atoms with E-state index in [1.165, 1.54) is 6.08 Å². The van der Waals surface area contributed by atoms with Crippen LogP contribution in [0.3, 0.4) is 0 Å². The number of hydrogen-bond acceptors (Lipinski definition) is 6. The van der Waals surface area contributed by atoms with Gasteiger partial charge in [0.15, 0.2) is 11.6 Å². The number of hydrogen-bond donors (Lipinski definition) is 1. The molecule has 1 aliphatic heterocycles. The molecule has 1 amide bonds. The molecule has 1 fully saturated rings. The number of piperidine rings is 1. The van der Waals surface area contributed by atoms with E-state index in [2.05, 4.69) is 0 Å². The smallest absolute Gasteiger partial charge is 0.228 e. The molecule has 2 atom stereocenters. The summed E-state index contributed by atoms with van der Waals surface area (Å²) in [4.78, 5) is 44.4. The van der Waals surface area contributed by atoms with Crippen molar-refractivity contribution in [2.45, 2.75) is 58.1 Å². The van der Waals surface area contributed by atoms with E-state index in [1.807, 2.05) is 93.5 Å². The molecule has 41 heavy (non-hydrogen) atoms. The number of benzene rings is 2. The van der Waals surface area contributed by atoms with Gasteiger partial charge in [-0.2, -0.15) is 0 Å². The normalized spacial score (nSPS) is 18.5. The number of carbonyl (C=O) groups excluding carboxylic acids is 3. The first-order valence-corrected chi connectivity index (χ1v) is 14.6. The van der Waals surface area contributed by atoms with Gasteiger partial charge in [0.05, 0.1) is 31.1 Å². The van der Waals surface area contributed by atoms with Gasteiger partial charge >= 0.3 is 0 Å². The maximum Gasteiger partial charge on any atom is 0.228 e. The molecule has 0 unspecified atom stereocenters. The van der Waals surface area contributed by atoms with Crippen molar-refractivity contribution < 1.29 is 19.1 Å². The van der Waals surface area contributed by atoms with E-state index in [0.29, 0.717) is 39.1 Å². The Morgan fingerprint density at radius 2 is 1.68 bits per heavy atom. The Labute approximate surface area is 245 Å². The molecule has 222 valence electrons. The Bertz CT molecular complexity index is 1160. The van der Waals surface area contributed by atoms with E-state index in [-0.39, 0.29) is 30.5 Å². The first kappa shape index (κ1) is 32.4. The van der Waals surface area contributed by atoms with Gasteiger partial charge in [0.2, 0.25) is 5.91 Å². The maximum absolute atomic E-state index is 14.0. The number of ether oxygens (including phenoxy) is 1. The van der Waals surface area contributed by atoms with Crippen molar-refractivity contribution in [3.63, 3.8) is 0 Å². The molecule has 0 aromatic heterocycles. The Kier molecular flexibility index (Phi) is 12.0. The van der Waals surface area contributed by atoms with E-state index < -0.39 is 16.9 Å². The van der Waals surface area contributed by atoms with E-state index in [9.17, 15) is 14.4 Å². The Balaban J connectivity index is 1.79. The van der Waals surface area contributed by atoms with Gasteiger partial charge in [-0.1, -0.05) is 66.7 Å². The molecule has 0 radical (unpaired) electrons. The van der Waals surface area contributed by atoms with Crippen LogP contribution in [0.2, 0.25) is 0 Å². The third-order valence-corrected chi connectivity index (χ3v) is 7.50. The number of likely N-dealkylation sites (tertiary alicyclic amines) is 1. The van der Waals surface area contributed by atoms with Gasteiger partial charge in [-0.15, -0.1) is 0 Å². The largest absolute Gasteiger partial charge is 0.376 e. The molecule has 3 rings (SSSR count). The summed E-state index contributed by atoms with van der Waals surface area (Å²) in [6, 6.07) is 19.8. The number of allylic oxidation sites excluding steroid dienone is 1. The highest BCUT2D eigenvalue weighted by Gasteiger charge is 2.44. The minimum absolute atomic E-state index is 0.0446. The van der Waals surface area contributed by atoms with Gasteiger partial charge < -0.3 is 20.3 Å². The van der Waals surface area contributed by atoms with Gasteiger partial charge in [-0.25, -0.2) is 0 Å². The Morgan fingerprint density at radius 1 is 1.05 bits per heavy atom. The highest BCUT2D eigenvalue weighted by molar-refractivity contribution is 5.94. The minimum Gasteiger partial charge on any atom is -0.376 e.